The van der Waals surface area contributed by atoms with E-state index in [9.17, 15) is 9.90 Å². The number of hydrogen-bond acceptors (Lipinski definition) is 2. The van der Waals surface area contributed by atoms with Gasteiger partial charge in [-0.05, 0) is 54.2 Å². The molecule has 1 amide bonds. The van der Waals surface area contributed by atoms with Gasteiger partial charge in [-0.2, -0.15) is 0 Å². The first-order chi connectivity index (χ1) is 14.4. The number of allylic oxidation sites excluding steroid dienone is 1. The highest BCUT2D eigenvalue weighted by Gasteiger charge is 2.45. The molecule has 4 unspecified atom stereocenters. The molecule has 3 nitrogen and oxygen atoms in total. The van der Waals surface area contributed by atoms with Gasteiger partial charge in [0.15, 0.2) is 0 Å². The van der Waals surface area contributed by atoms with Crippen molar-refractivity contribution in [2.45, 2.75) is 44.7 Å². The Kier molecular flexibility index (Phi) is 7.62. The molecule has 2 aromatic carbocycles. The molecule has 0 aliphatic carbocycles. The second-order valence-corrected chi connectivity index (χ2v) is 9.23. The van der Waals surface area contributed by atoms with E-state index in [1.807, 2.05) is 67.3 Å². The number of nitrogens with zero attached hydrogens (tertiary/aromatic N) is 1. The predicted molar refractivity (Wildman–Crippen MR) is 124 cm³/mol. The fraction of sp³-hybridized carbons (Fsp3) is 0.400. The number of amides is 1. The quantitative estimate of drug-likeness (QED) is 0.510. The van der Waals surface area contributed by atoms with E-state index >= 15 is 0 Å². The molecule has 3 rings (SSSR count). The molecule has 4 atom stereocenters. The van der Waals surface area contributed by atoms with Crippen molar-refractivity contribution in [3.63, 3.8) is 0 Å². The van der Waals surface area contributed by atoms with Gasteiger partial charge in [-0.15, -0.1) is 6.58 Å². The van der Waals surface area contributed by atoms with E-state index in [4.69, 9.17) is 23.2 Å². The first-order valence-electron chi connectivity index (χ1n) is 10.4. The van der Waals surface area contributed by atoms with E-state index < -0.39 is 0 Å². The third-order valence-corrected chi connectivity index (χ3v) is 6.56. The molecule has 1 heterocycles. The summed E-state index contributed by atoms with van der Waals surface area (Å²) in [6.45, 7) is 7.85. The van der Waals surface area contributed by atoms with E-state index in [1.165, 1.54) is 0 Å². The van der Waals surface area contributed by atoms with E-state index in [1.54, 1.807) is 0 Å². The van der Waals surface area contributed by atoms with Crippen LogP contribution in [0.3, 0.4) is 0 Å². The normalized spacial score (nSPS) is 22.9. The second kappa shape index (κ2) is 10.00. The van der Waals surface area contributed by atoms with Crippen LogP contribution in [0.25, 0.3) is 0 Å². The van der Waals surface area contributed by atoms with Gasteiger partial charge in [0.25, 0.3) is 0 Å². The smallest absolute Gasteiger partial charge is 0.226 e. The Hall–Kier alpha value is -1.81. The van der Waals surface area contributed by atoms with Gasteiger partial charge in [0.1, 0.15) is 0 Å². The van der Waals surface area contributed by atoms with E-state index in [2.05, 4.69) is 12.6 Å². The van der Waals surface area contributed by atoms with Gasteiger partial charge in [-0.3, -0.25) is 4.79 Å². The molecule has 1 saturated heterocycles. The van der Waals surface area contributed by atoms with Gasteiger partial charge in [-0.25, -0.2) is 0 Å². The number of benzene rings is 2. The lowest BCUT2D eigenvalue weighted by molar-refractivity contribution is -0.149. The van der Waals surface area contributed by atoms with Crippen LogP contribution in [0.1, 0.15) is 49.8 Å². The zero-order valence-corrected chi connectivity index (χ0v) is 19.0. The molecular formula is C25H29Cl2NO2. The Labute approximate surface area is 189 Å². The minimum Gasteiger partial charge on any atom is -0.394 e. The molecular weight excluding hydrogens is 417 g/mol. The van der Waals surface area contributed by atoms with E-state index in [-0.39, 0.29) is 42.4 Å². The topological polar surface area (TPSA) is 40.5 Å². The van der Waals surface area contributed by atoms with Crippen LogP contribution in [-0.2, 0) is 4.79 Å². The molecule has 0 saturated carbocycles. The number of hydrogen-bond donors (Lipinski definition) is 1. The molecule has 0 aromatic heterocycles. The van der Waals surface area contributed by atoms with Gasteiger partial charge in [0.05, 0.1) is 18.7 Å². The summed E-state index contributed by atoms with van der Waals surface area (Å²) in [4.78, 5) is 15.5. The lowest BCUT2D eigenvalue weighted by Gasteiger charge is -2.49. The molecule has 1 N–H and O–H groups in total. The van der Waals surface area contributed by atoms with Gasteiger partial charge < -0.3 is 10.0 Å². The molecule has 30 heavy (non-hydrogen) atoms. The fourth-order valence-electron chi connectivity index (χ4n) is 4.57. The maximum Gasteiger partial charge on any atom is 0.226 e. The number of piperidine rings is 1. The number of rotatable bonds is 7. The van der Waals surface area contributed by atoms with Crippen LogP contribution in [0, 0.1) is 11.8 Å². The van der Waals surface area contributed by atoms with E-state index in [0.29, 0.717) is 22.9 Å². The van der Waals surface area contributed by atoms with Crippen molar-refractivity contribution in [2.75, 3.05) is 6.61 Å². The Balaban J connectivity index is 2.18. The van der Waals surface area contributed by atoms with Gasteiger partial charge >= 0.3 is 0 Å². The molecule has 1 aliphatic heterocycles. The highest BCUT2D eigenvalue weighted by molar-refractivity contribution is 6.30. The fourth-order valence-corrected chi connectivity index (χ4v) is 4.90. The Morgan fingerprint density at radius 3 is 2.40 bits per heavy atom. The summed E-state index contributed by atoms with van der Waals surface area (Å²) in [5.74, 6) is 0.0419. The standard InChI is InChI=1S/C25H29Cl2NO2/c1-4-6-19-14-22(18-7-5-8-21(27)13-18)24(17-9-11-20(26)12-10-17)28(25(19)30)23(15-29)16(2)3/h4-5,7-13,16,19,22-24,29H,1,6,14-15H2,2-3H3. The summed E-state index contributed by atoms with van der Waals surface area (Å²) in [5.41, 5.74) is 2.10. The van der Waals surface area contributed by atoms with Gasteiger partial charge in [0, 0.05) is 21.9 Å². The summed E-state index contributed by atoms with van der Waals surface area (Å²) >= 11 is 12.5. The number of likely N-dealkylation sites (tertiary alicyclic amines) is 1. The summed E-state index contributed by atoms with van der Waals surface area (Å²) in [6, 6.07) is 15.0. The number of carbonyl (C=O) groups is 1. The van der Waals surface area contributed by atoms with Crippen molar-refractivity contribution < 1.29 is 9.90 Å². The number of carbonyl (C=O) groups excluding carboxylic acids is 1. The van der Waals surface area contributed by atoms with Crippen molar-refractivity contribution in [1.82, 2.24) is 4.90 Å². The van der Waals surface area contributed by atoms with Crippen LogP contribution in [-0.4, -0.2) is 28.6 Å². The lowest BCUT2D eigenvalue weighted by atomic mass is 9.74. The SMILES string of the molecule is C=CCC1CC(c2cccc(Cl)c2)C(c2ccc(Cl)cc2)N(C(CO)C(C)C)C1=O. The molecule has 2 aromatic rings. The first kappa shape index (κ1) is 22.9. The van der Waals surface area contributed by atoms with Crippen LogP contribution in [0.4, 0.5) is 0 Å². The maximum atomic E-state index is 13.6. The van der Waals surface area contributed by atoms with Crippen LogP contribution in [0.15, 0.2) is 61.2 Å². The van der Waals surface area contributed by atoms with Crippen LogP contribution in [0.5, 0.6) is 0 Å². The molecule has 0 spiro atoms. The van der Waals surface area contributed by atoms with E-state index in [0.717, 1.165) is 11.1 Å². The molecule has 160 valence electrons. The number of halogens is 2. The molecule has 1 fully saturated rings. The Bertz CT molecular complexity index is 881. The molecule has 0 radical (unpaired) electrons. The van der Waals surface area contributed by atoms with Crippen LogP contribution >= 0.6 is 23.2 Å². The largest absolute Gasteiger partial charge is 0.394 e. The first-order valence-corrected chi connectivity index (χ1v) is 11.2. The Morgan fingerprint density at radius 2 is 1.83 bits per heavy atom. The summed E-state index contributed by atoms with van der Waals surface area (Å²) in [7, 11) is 0. The average molecular weight is 446 g/mol. The minimum atomic E-state index is -0.285. The Morgan fingerprint density at radius 1 is 1.13 bits per heavy atom. The van der Waals surface area contributed by atoms with Crippen LogP contribution in [0.2, 0.25) is 10.0 Å². The second-order valence-electron chi connectivity index (χ2n) is 8.35. The highest BCUT2D eigenvalue weighted by atomic mass is 35.5. The van der Waals surface area contributed by atoms with Crippen LogP contribution < -0.4 is 0 Å². The molecule has 5 heteroatoms. The van der Waals surface area contributed by atoms with Crippen molar-refractivity contribution >= 4 is 29.1 Å². The summed E-state index contributed by atoms with van der Waals surface area (Å²) < 4.78 is 0. The van der Waals surface area contributed by atoms with Gasteiger partial charge in [0.2, 0.25) is 5.91 Å². The summed E-state index contributed by atoms with van der Waals surface area (Å²) in [5, 5.41) is 11.6. The number of aliphatic hydroxyl groups excluding tert-OH is 1. The zero-order chi connectivity index (χ0) is 21.8. The van der Waals surface area contributed by atoms with Crippen molar-refractivity contribution in [3.05, 3.63) is 82.4 Å². The van der Waals surface area contributed by atoms with Crippen molar-refractivity contribution in [1.29, 1.82) is 0 Å². The van der Waals surface area contributed by atoms with Crippen molar-refractivity contribution in [2.24, 2.45) is 11.8 Å². The maximum absolute atomic E-state index is 13.6. The monoisotopic (exact) mass is 445 g/mol. The molecule has 0 bridgehead atoms. The highest BCUT2D eigenvalue weighted by Crippen LogP contribution is 2.47. The average Bonchev–Trinajstić information content (AvgIpc) is 2.71. The lowest BCUT2D eigenvalue weighted by Crippen LogP contribution is -2.54. The minimum absolute atomic E-state index is 0.0420. The summed E-state index contributed by atoms with van der Waals surface area (Å²) in [6.07, 6.45) is 3.11. The number of aliphatic hydroxyl groups is 1. The third kappa shape index (κ3) is 4.74. The zero-order valence-electron chi connectivity index (χ0n) is 17.5. The third-order valence-electron chi connectivity index (χ3n) is 6.08. The molecule has 1 aliphatic rings. The van der Waals surface area contributed by atoms with Crippen molar-refractivity contribution in [3.8, 4) is 0 Å². The van der Waals surface area contributed by atoms with Gasteiger partial charge in [-0.1, -0.05) is 67.4 Å². The predicted octanol–water partition coefficient (Wildman–Crippen LogP) is 6.26.